The van der Waals surface area contributed by atoms with Gasteiger partial charge in [-0.15, -0.1) is 0 Å². The Labute approximate surface area is 162 Å². The fourth-order valence-corrected chi connectivity index (χ4v) is 3.26. The molecular formula is C20H22N4O4. The van der Waals surface area contributed by atoms with Gasteiger partial charge in [0.15, 0.2) is 0 Å². The first-order valence-electron chi connectivity index (χ1n) is 9.02. The normalized spacial score (nSPS) is 13.9. The van der Waals surface area contributed by atoms with E-state index in [1.807, 2.05) is 36.1 Å². The van der Waals surface area contributed by atoms with Crippen molar-refractivity contribution in [2.45, 2.75) is 6.92 Å². The lowest BCUT2D eigenvalue weighted by molar-refractivity contribution is -0.384. The number of amides is 2. The molecule has 2 aromatic carbocycles. The molecule has 0 aromatic heterocycles. The summed E-state index contributed by atoms with van der Waals surface area (Å²) in [7, 11) is 1.49. The van der Waals surface area contributed by atoms with Crippen molar-refractivity contribution < 1.29 is 14.5 Å². The summed E-state index contributed by atoms with van der Waals surface area (Å²) in [6.07, 6.45) is 0. The fourth-order valence-electron chi connectivity index (χ4n) is 3.26. The van der Waals surface area contributed by atoms with Gasteiger partial charge in [0.1, 0.15) is 0 Å². The maximum Gasteiger partial charge on any atom is 0.270 e. The highest BCUT2D eigenvalue weighted by molar-refractivity contribution is 6.00. The minimum absolute atomic E-state index is 0.0186. The number of non-ortho nitro benzene ring substituents is 1. The van der Waals surface area contributed by atoms with Gasteiger partial charge in [-0.3, -0.25) is 19.7 Å². The van der Waals surface area contributed by atoms with Crippen molar-refractivity contribution in [3.63, 3.8) is 0 Å². The number of anilines is 1. The molecule has 28 heavy (non-hydrogen) atoms. The summed E-state index contributed by atoms with van der Waals surface area (Å²) in [5.41, 5.74) is 2.51. The first-order valence-corrected chi connectivity index (χ1v) is 9.02. The molecule has 1 aliphatic heterocycles. The van der Waals surface area contributed by atoms with Gasteiger partial charge in [-0.2, -0.15) is 0 Å². The van der Waals surface area contributed by atoms with Crippen molar-refractivity contribution >= 4 is 23.2 Å². The van der Waals surface area contributed by atoms with Crippen LogP contribution in [-0.4, -0.2) is 54.9 Å². The van der Waals surface area contributed by atoms with Crippen LogP contribution in [0, 0.1) is 17.0 Å². The molecule has 0 aliphatic carbocycles. The molecule has 146 valence electrons. The van der Waals surface area contributed by atoms with E-state index in [0.29, 0.717) is 37.4 Å². The number of hydrogen-bond acceptors (Lipinski definition) is 5. The quantitative estimate of drug-likeness (QED) is 0.646. The molecule has 8 heteroatoms. The van der Waals surface area contributed by atoms with Gasteiger partial charge in [0.05, 0.1) is 16.2 Å². The van der Waals surface area contributed by atoms with E-state index >= 15 is 0 Å². The maximum atomic E-state index is 12.7. The first kappa shape index (κ1) is 19.3. The van der Waals surface area contributed by atoms with Crippen LogP contribution >= 0.6 is 0 Å². The van der Waals surface area contributed by atoms with Gasteiger partial charge in [0.25, 0.3) is 17.5 Å². The van der Waals surface area contributed by atoms with Crippen LogP contribution in [0.15, 0.2) is 42.5 Å². The minimum atomic E-state index is -0.519. The summed E-state index contributed by atoms with van der Waals surface area (Å²) >= 11 is 0. The van der Waals surface area contributed by atoms with Crippen molar-refractivity contribution in [2.75, 3.05) is 38.1 Å². The first-order chi connectivity index (χ1) is 13.4. The van der Waals surface area contributed by atoms with E-state index in [1.54, 1.807) is 11.0 Å². The van der Waals surface area contributed by atoms with Crippen LogP contribution in [0.5, 0.6) is 0 Å². The molecule has 2 amide bonds. The summed E-state index contributed by atoms with van der Waals surface area (Å²) in [5, 5.41) is 13.6. The highest BCUT2D eigenvalue weighted by Gasteiger charge is 2.26. The molecule has 1 saturated heterocycles. The van der Waals surface area contributed by atoms with Crippen molar-refractivity contribution in [2.24, 2.45) is 0 Å². The van der Waals surface area contributed by atoms with Crippen molar-refractivity contribution in [3.8, 4) is 0 Å². The summed E-state index contributed by atoms with van der Waals surface area (Å²) in [6.45, 7) is 4.08. The molecule has 0 unspecified atom stereocenters. The second-order valence-electron chi connectivity index (χ2n) is 6.68. The Morgan fingerprint density at radius 3 is 2.25 bits per heavy atom. The van der Waals surface area contributed by atoms with Gasteiger partial charge in [0.2, 0.25) is 0 Å². The fraction of sp³-hybridized carbons (Fsp3) is 0.300. The lowest BCUT2D eigenvalue weighted by Gasteiger charge is -2.36. The monoisotopic (exact) mass is 382 g/mol. The Morgan fingerprint density at radius 1 is 1.04 bits per heavy atom. The second-order valence-corrected chi connectivity index (χ2v) is 6.68. The van der Waals surface area contributed by atoms with Crippen molar-refractivity contribution in [1.29, 1.82) is 0 Å². The number of benzene rings is 2. The summed E-state index contributed by atoms with van der Waals surface area (Å²) in [4.78, 5) is 39.2. The third kappa shape index (κ3) is 3.95. The van der Waals surface area contributed by atoms with Crippen LogP contribution in [-0.2, 0) is 0 Å². The Bertz CT molecular complexity index is 903. The molecule has 1 heterocycles. The van der Waals surface area contributed by atoms with E-state index < -0.39 is 4.92 Å². The maximum absolute atomic E-state index is 12.7. The molecule has 0 spiro atoms. The second kappa shape index (κ2) is 8.08. The van der Waals surface area contributed by atoms with Crippen LogP contribution in [0.2, 0.25) is 0 Å². The van der Waals surface area contributed by atoms with Crippen molar-refractivity contribution in [3.05, 3.63) is 69.3 Å². The number of carbonyl (C=O) groups excluding carboxylic acids is 2. The minimum Gasteiger partial charge on any atom is -0.367 e. The van der Waals surface area contributed by atoms with Crippen LogP contribution < -0.4 is 10.2 Å². The van der Waals surface area contributed by atoms with E-state index in [4.69, 9.17) is 0 Å². The molecule has 2 aromatic rings. The van der Waals surface area contributed by atoms with E-state index in [-0.39, 0.29) is 23.1 Å². The Hall–Kier alpha value is -3.42. The zero-order valence-corrected chi connectivity index (χ0v) is 15.8. The molecule has 0 bridgehead atoms. The highest BCUT2D eigenvalue weighted by Crippen LogP contribution is 2.27. The average Bonchev–Trinajstić information content (AvgIpc) is 2.73. The number of nitrogens with one attached hydrogen (secondary N) is 1. The lowest BCUT2D eigenvalue weighted by Crippen LogP contribution is -2.49. The number of nitro groups is 1. The summed E-state index contributed by atoms with van der Waals surface area (Å²) < 4.78 is 0. The molecular weight excluding hydrogens is 360 g/mol. The third-order valence-electron chi connectivity index (χ3n) is 4.87. The van der Waals surface area contributed by atoms with E-state index in [2.05, 4.69) is 5.32 Å². The van der Waals surface area contributed by atoms with Gasteiger partial charge < -0.3 is 15.1 Å². The van der Waals surface area contributed by atoms with E-state index in [1.165, 1.54) is 19.2 Å². The smallest absolute Gasteiger partial charge is 0.270 e. The topological polar surface area (TPSA) is 95.8 Å². The van der Waals surface area contributed by atoms with Crippen LogP contribution in [0.4, 0.5) is 11.4 Å². The highest BCUT2D eigenvalue weighted by atomic mass is 16.6. The van der Waals surface area contributed by atoms with E-state index in [0.717, 1.165) is 5.56 Å². The van der Waals surface area contributed by atoms with E-state index in [9.17, 15) is 19.7 Å². The third-order valence-corrected chi connectivity index (χ3v) is 4.87. The van der Waals surface area contributed by atoms with Crippen LogP contribution in [0.1, 0.15) is 26.3 Å². The molecule has 1 fully saturated rings. The van der Waals surface area contributed by atoms with Gasteiger partial charge >= 0.3 is 0 Å². The molecule has 0 saturated carbocycles. The molecule has 0 radical (unpaired) electrons. The van der Waals surface area contributed by atoms with Gasteiger partial charge in [0, 0.05) is 50.9 Å². The Morgan fingerprint density at radius 2 is 1.68 bits per heavy atom. The number of rotatable bonds is 4. The standard InChI is InChI=1S/C20H22N4O4/c1-14-3-5-15(6-4-14)20(26)23-11-9-22(10-12-23)18-8-7-16(24(27)28)13-17(18)19(25)21-2/h3-8,13H,9-12H2,1-2H3,(H,21,25). The Kier molecular flexibility index (Phi) is 5.58. The summed E-state index contributed by atoms with van der Waals surface area (Å²) in [5.74, 6) is -0.397. The van der Waals surface area contributed by atoms with Gasteiger partial charge in [-0.05, 0) is 25.1 Å². The number of nitrogens with zero attached hydrogens (tertiary/aromatic N) is 3. The number of piperazine rings is 1. The number of carbonyl (C=O) groups is 2. The van der Waals surface area contributed by atoms with Crippen LogP contribution in [0.25, 0.3) is 0 Å². The number of nitro benzene ring substituents is 1. The molecule has 3 rings (SSSR count). The van der Waals surface area contributed by atoms with Crippen LogP contribution in [0.3, 0.4) is 0 Å². The predicted molar refractivity (Wildman–Crippen MR) is 106 cm³/mol. The predicted octanol–water partition coefficient (Wildman–Crippen LogP) is 2.23. The van der Waals surface area contributed by atoms with Gasteiger partial charge in [-0.25, -0.2) is 0 Å². The Balaban J connectivity index is 1.75. The number of aryl methyl sites for hydroxylation is 1. The van der Waals surface area contributed by atoms with Gasteiger partial charge in [-0.1, -0.05) is 17.7 Å². The average molecular weight is 382 g/mol. The van der Waals surface area contributed by atoms with Crippen molar-refractivity contribution in [1.82, 2.24) is 10.2 Å². The SMILES string of the molecule is CNC(=O)c1cc([N+](=O)[O-])ccc1N1CCN(C(=O)c2ccc(C)cc2)CC1. The zero-order chi connectivity index (χ0) is 20.3. The molecule has 1 N–H and O–H groups in total. The zero-order valence-electron chi connectivity index (χ0n) is 15.8. The molecule has 0 atom stereocenters. The summed E-state index contributed by atoms with van der Waals surface area (Å²) in [6, 6.07) is 11.8. The molecule has 1 aliphatic rings. The number of hydrogen-bond donors (Lipinski definition) is 1. The largest absolute Gasteiger partial charge is 0.367 e. The lowest BCUT2D eigenvalue weighted by atomic mass is 10.1. The molecule has 8 nitrogen and oxygen atoms in total.